The molecule has 0 bridgehead atoms. The molecule has 4 nitrogen and oxygen atoms in total. The number of hydrogen-bond donors (Lipinski definition) is 2. The van der Waals surface area contributed by atoms with Crippen LogP contribution in [0.25, 0.3) is 4.96 Å². The zero-order chi connectivity index (χ0) is 13.4. The van der Waals surface area contributed by atoms with E-state index < -0.39 is 0 Å². The second kappa shape index (κ2) is 5.23. The molecule has 0 spiro atoms. The zero-order valence-electron chi connectivity index (χ0n) is 11.5. The molecule has 1 saturated carbocycles. The summed E-state index contributed by atoms with van der Waals surface area (Å²) in [5.41, 5.74) is 3.62. The molecule has 1 fully saturated rings. The molecule has 19 heavy (non-hydrogen) atoms. The van der Waals surface area contributed by atoms with E-state index in [1.807, 2.05) is 0 Å². The van der Waals surface area contributed by atoms with Gasteiger partial charge in [0.2, 0.25) is 0 Å². The number of aromatic nitrogens is 2. The first kappa shape index (κ1) is 13.1. The SMILES string of the molecule is Cc1nc2scc(C)n2c1CNC1CCCC(O)C1. The van der Waals surface area contributed by atoms with Crippen LogP contribution in [0.15, 0.2) is 5.38 Å². The van der Waals surface area contributed by atoms with Crippen molar-refractivity contribution in [2.75, 3.05) is 0 Å². The fourth-order valence-corrected chi connectivity index (χ4v) is 3.90. The third kappa shape index (κ3) is 2.55. The summed E-state index contributed by atoms with van der Waals surface area (Å²) in [6, 6.07) is 0.438. The molecule has 104 valence electrons. The van der Waals surface area contributed by atoms with Crippen molar-refractivity contribution >= 4 is 16.3 Å². The van der Waals surface area contributed by atoms with Crippen molar-refractivity contribution in [3.8, 4) is 0 Å². The van der Waals surface area contributed by atoms with E-state index in [9.17, 15) is 5.11 Å². The molecule has 0 amide bonds. The first-order chi connectivity index (χ1) is 9.15. The van der Waals surface area contributed by atoms with E-state index in [1.54, 1.807) is 11.3 Å². The van der Waals surface area contributed by atoms with Gasteiger partial charge in [-0.15, -0.1) is 11.3 Å². The lowest BCUT2D eigenvalue weighted by Gasteiger charge is -2.26. The monoisotopic (exact) mass is 279 g/mol. The molecule has 2 N–H and O–H groups in total. The first-order valence-electron chi connectivity index (χ1n) is 6.98. The molecule has 5 heteroatoms. The smallest absolute Gasteiger partial charge is 0.194 e. The number of aliphatic hydroxyl groups is 1. The van der Waals surface area contributed by atoms with Gasteiger partial charge in [-0.3, -0.25) is 4.40 Å². The Labute approximate surface area is 117 Å². The summed E-state index contributed by atoms with van der Waals surface area (Å²) in [7, 11) is 0. The number of fused-ring (bicyclic) bond motifs is 1. The standard InChI is InChI=1S/C14H21N3OS/c1-9-8-19-14-16-10(2)13(17(9)14)7-15-11-4-3-5-12(18)6-11/h8,11-12,15,18H,3-7H2,1-2H3. The van der Waals surface area contributed by atoms with E-state index in [0.29, 0.717) is 6.04 Å². The highest BCUT2D eigenvalue weighted by Gasteiger charge is 2.20. The van der Waals surface area contributed by atoms with Crippen LogP contribution in [0.5, 0.6) is 0 Å². The predicted octanol–water partition coefficient (Wildman–Crippen LogP) is 2.41. The van der Waals surface area contributed by atoms with E-state index in [1.165, 1.54) is 17.8 Å². The molecule has 2 aromatic heterocycles. The van der Waals surface area contributed by atoms with Gasteiger partial charge in [-0.1, -0.05) is 0 Å². The lowest BCUT2D eigenvalue weighted by atomic mass is 9.93. The predicted molar refractivity (Wildman–Crippen MR) is 77.6 cm³/mol. The van der Waals surface area contributed by atoms with Crippen molar-refractivity contribution in [2.24, 2.45) is 0 Å². The van der Waals surface area contributed by atoms with Crippen LogP contribution in [-0.2, 0) is 6.54 Å². The molecule has 2 heterocycles. The second-order valence-electron chi connectivity index (χ2n) is 5.54. The molecule has 1 aliphatic rings. The van der Waals surface area contributed by atoms with Crippen molar-refractivity contribution in [2.45, 2.75) is 58.2 Å². The molecular weight excluding hydrogens is 258 g/mol. The highest BCUT2D eigenvalue weighted by molar-refractivity contribution is 7.15. The minimum Gasteiger partial charge on any atom is -0.393 e. The number of aryl methyl sites for hydroxylation is 2. The second-order valence-corrected chi connectivity index (χ2v) is 6.37. The Morgan fingerprint density at radius 3 is 3.11 bits per heavy atom. The Kier molecular flexibility index (Phi) is 3.60. The summed E-state index contributed by atoms with van der Waals surface area (Å²) < 4.78 is 2.24. The maximum absolute atomic E-state index is 9.72. The molecule has 2 atom stereocenters. The number of imidazole rings is 1. The average Bonchev–Trinajstić information content (AvgIpc) is 2.87. The summed E-state index contributed by atoms with van der Waals surface area (Å²) in [5.74, 6) is 0. The van der Waals surface area contributed by atoms with Gasteiger partial charge >= 0.3 is 0 Å². The van der Waals surface area contributed by atoms with Gasteiger partial charge in [-0.05, 0) is 39.5 Å². The van der Waals surface area contributed by atoms with Gasteiger partial charge in [0, 0.05) is 23.7 Å². The Morgan fingerprint density at radius 1 is 1.47 bits per heavy atom. The van der Waals surface area contributed by atoms with Crippen molar-refractivity contribution in [3.63, 3.8) is 0 Å². The van der Waals surface area contributed by atoms with Gasteiger partial charge < -0.3 is 10.4 Å². The highest BCUT2D eigenvalue weighted by atomic mass is 32.1. The quantitative estimate of drug-likeness (QED) is 0.907. The Morgan fingerprint density at radius 2 is 2.32 bits per heavy atom. The molecular formula is C14H21N3OS. The Bertz CT molecular complexity index is 575. The minimum absolute atomic E-state index is 0.124. The average molecular weight is 279 g/mol. The summed E-state index contributed by atoms with van der Waals surface area (Å²) >= 11 is 1.69. The fraction of sp³-hybridized carbons (Fsp3) is 0.643. The molecule has 0 radical (unpaired) electrons. The first-order valence-corrected chi connectivity index (χ1v) is 7.86. The lowest BCUT2D eigenvalue weighted by molar-refractivity contribution is 0.111. The van der Waals surface area contributed by atoms with Crippen molar-refractivity contribution in [1.29, 1.82) is 0 Å². The van der Waals surface area contributed by atoms with Crippen molar-refractivity contribution in [3.05, 3.63) is 22.5 Å². The highest BCUT2D eigenvalue weighted by Crippen LogP contribution is 2.22. The summed E-state index contributed by atoms with van der Waals surface area (Å²) in [5, 5.41) is 15.5. The summed E-state index contributed by atoms with van der Waals surface area (Å²) in [4.78, 5) is 5.68. The largest absolute Gasteiger partial charge is 0.393 e. The van der Waals surface area contributed by atoms with Crippen LogP contribution < -0.4 is 5.32 Å². The van der Waals surface area contributed by atoms with Gasteiger partial charge in [-0.25, -0.2) is 4.98 Å². The topological polar surface area (TPSA) is 49.6 Å². The third-order valence-corrected chi connectivity index (χ3v) is 4.98. The van der Waals surface area contributed by atoms with Gasteiger partial charge in [0.1, 0.15) is 0 Å². The molecule has 2 aromatic rings. The number of aliphatic hydroxyl groups excluding tert-OH is 1. The van der Waals surface area contributed by atoms with Crippen LogP contribution in [-0.4, -0.2) is 26.6 Å². The van der Waals surface area contributed by atoms with Crippen molar-refractivity contribution in [1.82, 2.24) is 14.7 Å². The van der Waals surface area contributed by atoms with E-state index >= 15 is 0 Å². The minimum atomic E-state index is -0.124. The zero-order valence-corrected chi connectivity index (χ0v) is 12.3. The molecule has 0 aliphatic heterocycles. The van der Waals surface area contributed by atoms with Crippen LogP contribution in [0.4, 0.5) is 0 Å². The van der Waals surface area contributed by atoms with Gasteiger partial charge in [0.15, 0.2) is 4.96 Å². The summed E-state index contributed by atoms with van der Waals surface area (Å²) in [6.45, 7) is 5.03. The molecule has 3 rings (SSSR count). The van der Waals surface area contributed by atoms with Gasteiger partial charge in [0.25, 0.3) is 0 Å². The number of nitrogens with one attached hydrogen (secondary N) is 1. The van der Waals surface area contributed by atoms with E-state index in [-0.39, 0.29) is 6.10 Å². The van der Waals surface area contributed by atoms with Crippen LogP contribution >= 0.6 is 11.3 Å². The molecule has 0 aromatic carbocycles. The maximum Gasteiger partial charge on any atom is 0.194 e. The summed E-state index contributed by atoms with van der Waals surface area (Å²) in [6.07, 6.45) is 4.00. The van der Waals surface area contributed by atoms with Gasteiger partial charge in [-0.2, -0.15) is 0 Å². The third-order valence-electron chi connectivity index (χ3n) is 4.03. The van der Waals surface area contributed by atoms with Gasteiger partial charge in [0.05, 0.1) is 17.5 Å². The number of rotatable bonds is 3. The van der Waals surface area contributed by atoms with Crippen LogP contribution in [0.1, 0.15) is 42.8 Å². The van der Waals surface area contributed by atoms with E-state index in [2.05, 4.69) is 33.9 Å². The molecule has 2 unspecified atom stereocenters. The van der Waals surface area contributed by atoms with E-state index in [0.717, 1.165) is 36.5 Å². The number of thiazole rings is 1. The van der Waals surface area contributed by atoms with Crippen LogP contribution in [0.2, 0.25) is 0 Å². The van der Waals surface area contributed by atoms with Crippen molar-refractivity contribution < 1.29 is 5.11 Å². The lowest BCUT2D eigenvalue weighted by Crippen LogP contribution is -2.36. The Balaban J connectivity index is 1.74. The van der Waals surface area contributed by atoms with E-state index in [4.69, 9.17) is 0 Å². The normalized spacial score (nSPS) is 24.2. The maximum atomic E-state index is 9.72. The molecule has 0 saturated heterocycles. The Hall–Kier alpha value is -0.910. The number of hydrogen-bond acceptors (Lipinski definition) is 4. The fourth-order valence-electron chi connectivity index (χ4n) is 2.97. The molecule has 1 aliphatic carbocycles. The van der Waals surface area contributed by atoms with Crippen LogP contribution in [0, 0.1) is 13.8 Å². The number of nitrogens with zero attached hydrogens (tertiary/aromatic N) is 2. The van der Waals surface area contributed by atoms with Crippen LogP contribution in [0.3, 0.4) is 0 Å².